The largest absolute Gasteiger partial charge is 0.462 e. The fourth-order valence-electron chi connectivity index (χ4n) is 2.11. The van der Waals surface area contributed by atoms with E-state index in [1.807, 2.05) is 0 Å². The molecule has 0 amide bonds. The molecule has 4 atom stereocenters. The Morgan fingerprint density at radius 3 is 1.42 bits per heavy atom. The van der Waals surface area contributed by atoms with Crippen LogP contribution in [0.25, 0.3) is 0 Å². The highest BCUT2D eigenvalue weighted by molar-refractivity contribution is 5.69. The van der Waals surface area contributed by atoms with Crippen LogP contribution in [0.1, 0.15) is 41.5 Å². The first-order chi connectivity index (χ1) is 11.9. The van der Waals surface area contributed by atoms with E-state index in [1.165, 1.54) is 6.92 Å². The molecule has 10 heteroatoms. The number of carbonyl (C=O) groups is 5. The van der Waals surface area contributed by atoms with E-state index in [9.17, 15) is 24.0 Å². The second-order valence-electron chi connectivity index (χ2n) is 5.41. The maximum absolute atomic E-state index is 11.5. The Morgan fingerprint density at radius 1 is 0.615 bits per heavy atom. The van der Waals surface area contributed by atoms with Crippen LogP contribution in [-0.2, 0) is 47.7 Å². The van der Waals surface area contributed by atoms with Crippen molar-refractivity contribution in [2.75, 3.05) is 6.61 Å². The SMILES string of the molecule is CC(=O)OC[C@H](OC(C)=O)[C@@H](OC(C)=O)[C@H](OC(C)=O)[C@H](C)OC(C)=O. The van der Waals surface area contributed by atoms with E-state index in [-0.39, 0.29) is 0 Å². The Bertz CT molecular complexity index is 541. The zero-order valence-electron chi connectivity index (χ0n) is 15.6. The lowest BCUT2D eigenvalue weighted by Gasteiger charge is -2.34. The van der Waals surface area contributed by atoms with Crippen molar-refractivity contribution in [3.8, 4) is 0 Å². The molecule has 0 aromatic rings. The van der Waals surface area contributed by atoms with Gasteiger partial charge in [-0.05, 0) is 6.92 Å². The topological polar surface area (TPSA) is 132 Å². The van der Waals surface area contributed by atoms with Gasteiger partial charge in [-0.25, -0.2) is 0 Å². The van der Waals surface area contributed by atoms with Crippen molar-refractivity contribution in [2.24, 2.45) is 0 Å². The van der Waals surface area contributed by atoms with E-state index in [0.717, 1.165) is 34.6 Å². The van der Waals surface area contributed by atoms with Gasteiger partial charge in [-0.3, -0.25) is 24.0 Å². The first-order valence-corrected chi connectivity index (χ1v) is 7.76. The number of rotatable bonds is 9. The molecule has 0 bridgehead atoms. The van der Waals surface area contributed by atoms with Crippen LogP contribution in [0.3, 0.4) is 0 Å². The predicted octanol–water partition coefficient (Wildman–Crippen LogP) is 0.296. The standard InChI is InChI=1S/C16H24O10/c1-8(23-10(3)18)15(25-12(5)20)16(26-13(6)21)14(24-11(4)19)7-22-9(2)17/h8,14-16H,7H2,1-6H3/t8-,14-,15+,16+/m0/s1. The van der Waals surface area contributed by atoms with Crippen LogP contribution in [0.4, 0.5) is 0 Å². The second-order valence-corrected chi connectivity index (χ2v) is 5.41. The molecule has 0 unspecified atom stereocenters. The van der Waals surface area contributed by atoms with Crippen molar-refractivity contribution >= 4 is 29.8 Å². The third kappa shape index (κ3) is 9.60. The van der Waals surface area contributed by atoms with Crippen molar-refractivity contribution in [3.05, 3.63) is 0 Å². The lowest BCUT2D eigenvalue weighted by molar-refractivity contribution is -0.201. The number of carbonyl (C=O) groups excluding carboxylic acids is 5. The molecule has 26 heavy (non-hydrogen) atoms. The van der Waals surface area contributed by atoms with Gasteiger partial charge in [0.05, 0.1) is 0 Å². The smallest absolute Gasteiger partial charge is 0.303 e. The summed E-state index contributed by atoms with van der Waals surface area (Å²) in [6.07, 6.45) is -5.02. The van der Waals surface area contributed by atoms with E-state index in [4.69, 9.17) is 23.7 Å². The summed E-state index contributed by atoms with van der Waals surface area (Å²) in [6.45, 7) is 6.51. The Hall–Kier alpha value is -2.65. The van der Waals surface area contributed by atoms with Crippen molar-refractivity contribution in [2.45, 2.75) is 66.0 Å². The molecule has 10 nitrogen and oxygen atoms in total. The van der Waals surface area contributed by atoms with Gasteiger partial charge in [-0.2, -0.15) is 0 Å². The number of hydrogen-bond donors (Lipinski definition) is 0. The van der Waals surface area contributed by atoms with Gasteiger partial charge in [-0.1, -0.05) is 0 Å². The van der Waals surface area contributed by atoms with Crippen LogP contribution >= 0.6 is 0 Å². The highest BCUT2D eigenvalue weighted by Gasteiger charge is 2.42. The third-order valence-corrected chi connectivity index (χ3v) is 2.88. The number of ether oxygens (including phenoxy) is 5. The summed E-state index contributed by atoms with van der Waals surface area (Å²) < 4.78 is 25.1. The molecule has 0 saturated carbocycles. The molecule has 0 radical (unpaired) electrons. The van der Waals surface area contributed by atoms with Gasteiger partial charge in [0, 0.05) is 34.6 Å². The van der Waals surface area contributed by atoms with Crippen molar-refractivity contribution in [3.63, 3.8) is 0 Å². The summed E-state index contributed by atoms with van der Waals surface area (Å²) in [4.78, 5) is 56.6. The molecule has 0 spiro atoms. The molecule has 0 aromatic carbocycles. The molecule has 0 aliphatic carbocycles. The summed E-state index contributed by atoms with van der Waals surface area (Å²) in [5.74, 6) is -3.61. The molecular weight excluding hydrogens is 352 g/mol. The molecule has 0 N–H and O–H groups in total. The molecule has 0 aliphatic heterocycles. The Kier molecular flexibility index (Phi) is 9.93. The quantitative estimate of drug-likeness (QED) is 0.409. The Morgan fingerprint density at radius 2 is 1.04 bits per heavy atom. The average molecular weight is 376 g/mol. The summed E-state index contributed by atoms with van der Waals surface area (Å²) in [7, 11) is 0. The van der Waals surface area contributed by atoms with E-state index >= 15 is 0 Å². The summed E-state index contributed by atoms with van der Waals surface area (Å²) in [5, 5.41) is 0. The third-order valence-electron chi connectivity index (χ3n) is 2.88. The molecule has 0 aromatic heterocycles. The highest BCUT2D eigenvalue weighted by Crippen LogP contribution is 2.19. The van der Waals surface area contributed by atoms with E-state index in [1.54, 1.807) is 0 Å². The van der Waals surface area contributed by atoms with Gasteiger partial charge in [-0.15, -0.1) is 0 Å². The highest BCUT2D eigenvalue weighted by atomic mass is 16.6. The fourth-order valence-corrected chi connectivity index (χ4v) is 2.11. The predicted molar refractivity (Wildman–Crippen MR) is 84.5 cm³/mol. The Balaban J connectivity index is 5.80. The van der Waals surface area contributed by atoms with Crippen LogP contribution in [0.2, 0.25) is 0 Å². The maximum atomic E-state index is 11.5. The summed E-state index contributed by atoms with van der Waals surface area (Å²) in [5.41, 5.74) is 0. The van der Waals surface area contributed by atoms with Gasteiger partial charge < -0.3 is 23.7 Å². The molecule has 148 valence electrons. The molecule has 0 fully saturated rings. The van der Waals surface area contributed by atoms with Crippen LogP contribution in [0.5, 0.6) is 0 Å². The average Bonchev–Trinajstić information content (AvgIpc) is 2.45. The minimum atomic E-state index is -1.38. The lowest BCUT2D eigenvalue weighted by atomic mass is 10.0. The first-order valence-electron chi connectivity index (χ1n) is 7.76. The van der Waals surface area contributed by atoms with Gasteiger partial charge in [0.2, 0.25) is 0 Å². The molecule has 0 aliphatic rings. The van der Waals surface area contributed by atoms with Crippen LogP contribution < -0.4 is 0 Å². The van der Waals surface area contributed by atoms with Crippen LogP contribution in [-0.4, -0.2) is 60.9 Å². The minimum Gasteiger partial charge on any atom is -0.462 e. The molecule has 0 heterocycles. The minimum absolute atomic E-state index is 0.461. The van der Waals surface area contributed by atoms with Gasteiger partial charge in [0.1, 0.15) is 12.7 Å². The summed E-state index contributed by atoms with van der Waals surface area (Å²) in [6, 6.07) is 0. The van der Waals surface area contributed by atoms with E-state index in [2.05, 4.69) is 0 Å². The summed E-state index contributed by atoms with van der Waals surface area (Å²) >= 11 is 0. The normalized spacial score (nSPS) is 14.8. The van der Waals surface area contributed by atoms with Gasteiger partial charge in [0.25, 0.3) is 0 Å². The first kappa shape index (κ1) is 23.4. The molecule has 0 saturated heterocycles. The van der Waals surface area contributed by atoms with Crippen LogP contribution in [0, 0.1) is 0 Å². The zero-order chi connectivity index (χ0) is 20.4. The zero-order valence-corrected chi connectivity index (χ0v) is 15.6. The van der Waals surface area contributed by atoms with E-state index < -0.39 is 60.9 Å². The van der Waals surface area contributed by atoms with Crippen molar-refractivity contribution < 1.29 is 47.7 Å². The van der Waals surface area contributed by atoms with Crippen molar-refractivity contribution in [1.82, 2.24) is 0 Å². The monoisotopic (exact) mass is 376 g/mol. The number of esters is 5. The number of hydrogen-bond acceptors (Lipinski definition) is 10. The van der Waals surface area contributed by atoms with Gasteiger partial charge in [0.15, 0.2) is 18.3 Å². The van der Waals surface area contributed by atoms with E-state index in [0.29, 0.717) is 0 Å². The maximum Gasteiger partial charge on any atom is 0.303 e. The fraction of sp³-hybridized carbons (Fsp3) is 0.688. The molecule has 0 rings (SSSR count). The lowest BCUT2D eigenvalue weighted by Crippen LogP contribution is -2.52. The Labute approximate surface area is 151 Å². The van der Waals surface area contributed by atoms with Crippen LogP contribution in [0.15, 0.2) is 0 Å². The second kappa shape index (κ2) is 11.1. The molecular formula is C16H24O10. The van der Waals surface area contributed by atoms with Crippen molar-refractivity contribution in [1.29, 1.82) is 0 Å². The van der Waals surface area contributed by atoms with Gasteiger partial charge >= 0.3 is 29.8 Å².